The van der Waals surface area contributed by atoms with E-state index in [-0.39, 0.29) is 24.7 Å². The second kappa shape index (κ2) is 8.48. The molecule has 0 aliphatic carbocycles. The summed E-state index contributed by atoms with van der Waals surface area (Å²) in [6, 6.07) is 0. The van der Waals surface area contributed by atoms with Gasteiger partial charge in [0, 0.05) is 5.41 Å². The van der Waals surface area contributed by atoms with Crippen molar-refractivity contribution >= 4 is 0 Å². The molecule has 0 spiro atoms. The first-order chi connectivity index (χ1) is 5.89. The number of rotatable bonds is 4. The standard InChI is InChI=1S/C5H12O2.C5H12O/c1-5(2,3-6)4-7;1-3-4-5(2)6/h6-7H,3-4H2,1-2H3;5-6H,3-4H2,1-2H3. The van der Waals surface area contributed by atoms with Gasteiger partial charge in [-0.2, -0.15) is 0 Å². The molecule has 13 heavy (non-hydrogen) atoms. The van der Waals surface area contributed by atoms with E-state index in [0.29, 0.717) is 0 Å². The Balaban J connectivity index is 0. The van der Waals surface area contributed by atoms with Crippen molar-refractivity contribution in [1.29, 1.82) is 0 Å². The van der Waals surface area contributed by atoms with Crippen LogP contribution in [0.1, 0.15) is 40.5 Å². The molecule has 1 unspecified atom stereocenters. The van der Waals surface area contributed by atoms with Crippen LogP contribution in [0.3, 0.4) is 0 Å². The Labute approximate surface area is 81.4 Å². The van der Waals surface area contributed by atoms with Gasteiger partial charge in [0.1, 0.15) is 0 Å². The topological polar surface area (TPSA) is 60.7 Å². The first-order valence-electron chi connectivity index (χ1n) is 4.79. The smallest absolute Gasteiger partial charge is 0.0512 e. The predicted octanol–water partition coefficient (Wildman–Crippen LogP) is 1.16. The maximum atomic E-state index is 8.55. The second-order valence-corrected chi connectivity index (χ2v) is 4.12. The van der Waals surface area contributed by atoms with E-state index < -0.39 is 0 Å². The molecule has 0 amide bonds. The Morgan fingerprint density at radius 1 is 1.15 bits per heavy atom. The zero-order chi connectivity index (χ0) is 10.9. The summed E-state index contributed by atoms with van der Waals surface area (Å²) in [6.07, 6.45) is 1.91. The van der Waals surface area contributed by atoms with Gasteiger partial charge >= 0.3 is 0 Å². The van der Waals surface area contributed by atoms with Gasteiger partial charge < -0.3 is 15.3 Å². The van der Waals surface area contributed by atoms with Crippen LogP contribution in [-0.4, -0.2) is 34.6 Å². The molecule has 0 saturated heterocycles. The van der Waals surface area contributed by atoms with Crippen LogP contribution in [0.15, 0.2) is 0 Å². The van der Waals surface area contributed by atoms with Crippen molar-refractivity contribution in [2.24, 2.45) is 5.41 Å². The van der Waals surface area contributed by atoms with Crippen LogP contribution >= 0.6 is 0 Å². The number of aliphatic hydroxyl groups is 3. The number of aliphatic hydroxyl groups excluding tert-OH is 3. The first-order valence-corrected chi connectivity index (χ1v) is 4.79. The summed E-state index contributed by atoms with van der Waals surface area (Å²) < 4.78 is 0. The van der Waals surface area contributed by atoms with Gasteiger partial charge in [-0.05, 0) is 13.3 Å². The van der Waals surface area contributed by atoms with E-state index in [2.05, 4.69) is 6.92 Å². The molecule has 0 aromatic heterocycles. The number of hydrogen-bond acceptors (Lipinski definition) is 3. The third-order valence-corrected chi connectivity index (χ3v) is 1.56. The summed E-state index contributed by atoms with van der Waals surface area (Å²) in [6.45, 7) is 7.56. The summed E-state index contributed by atoms with van der Waals surface area (Å²) >= 11 is 0. The average Bonchev–Trinajstić information content (AvgIpc) is 2.05. The molecule has 0 aromatic carbocycles. The largest absolute Gasteiger partial charge is 0.396 e. The molecule has 0 bridgehead atoms. The molecule has 0 radical (unpaired) electrons. The van der Waals surface area contributed by atoms with Gasteiger partial charge in [-0.1, -0.05) is 27.2 Å². The van der Waals surface area contributed by atoms with E-state index in [1.807, 2.05) is 6.92 Å². The minimum absolute atomic E-state index is 0.0451. The van der Waals surface area contributed by atoms with Gasteiger partial charge in [-0.25, -0.2) is 0 Å². The van der Waals surface area contributed by atoms with Crippen molar-refractivity contribution in [3.8, 4) is 0 Å². The summed E-state index contributed by atoms with van der Waals surface area (Å²) in [4.78, 5) is 0. The molecule has 82 valence electrons. The Kier molecular flexibility index (Phi) is 10.0. The van der Waals surface area contributed by atoms with Crippen LogP contribution in [-0.2, 0) is 0 Å². The Morgan fingerprint density at radius 2 is 1.54 bits per heavy atom. The van der Waals surface area contributed by atoms with Crippen LogP contribution in [0.2, 0.25) is 0 Å². The van der Waals surface area contributed by atoms with Crippen LogP contribution in [0.4, 0.5) is 0 Å². The van der Waals surface area contributed by atoms with Crippen molar-refractivity contribution in [3.05, 3.63) is 0 Å². The molecule has 0 aliphatic rings. The average molecular weight is 192 g/mol. The lowest BCUT2D eigenvalue weighted by molar-refractivity contribution is 0.0857. The highest BCUT2D eigenvalue weighted by Gasteiger charge is 2.13. The van der Waals surface area contributed by atoms with E-state index in [0.717, 1.165) is 12.8 Å². The molecule has 0 fully saturated rings. The highest BCUT2D eigenvalue weighted by molar-refractivity contribution is 4.62. The molecule has 0 rings (SSSR count). The maximum Gasteiger partial charge on any atom is 0.0512 e. The normalized spacial score (nSPS) is 13.2. The monoisotopic (exact) mass is 192 g/mol. The van der Waals surface area contributed by atoms with E-state index in [1.165, 1.54) is 0 Å². The van der Waals surface area contributed by atoms with Crippen LogP contribution < -0.4 is 0 Å². The molecule has 0 heterocycles. The molecule has 1 atom stereocenters. The van der Waals surface area contributed by atoms with E-state index in [4.69, 9.17) is 15.3 Å². The fourth-order valence-electron chi connectivity index (χ4n) is 0.468. The maximum absolute atomic E-state index is 8.55. The fourth-order valence-corrected chi connectivity index (χ4v) is 0.468. The third kappa shape index (κ3) is 14.7. The summed E-state index contributed by atoms with van der Waals surface area (Å²) in [5, 5.41) is 25.4. The lowest BCUT2D eigenvalue weighted by Crippen LogP contribution is -2.20. The van der Waals surface area contributed by atoms with Gasteiger partial charge in [0.2, 0.25) is 0 Å². The van der Waals surface area contributed by atoms with Gasteiger partial charge in [0.15, 0.2) is 0 Å². The Morgan fingerprint density at radius 3 is 1.54 bits per heavy atom. The third-order valence-electron chi connectivity index (χ3n) is 1.56. The summed E-state index contributed by atoms with van der Waals surface area (Å²) in [5.41, 5.74) is -0.306. The summed E-state index contributed by atoms with van der Waals surface area (Å²) in [7, 11) is 0. The molecular weight excluding hydrogens is 168 g/mol. The van der Waals surface area contributed by atoms with E-state index >= 15 is 0 Å². The SMILES string of the molecule is CC(C)(CO)CO.CCCC(C)O. The molecule has 3 N–H and O–H groups in total. The lowest BCUT2D eigenvalue weighted by Gasteiger charge is -2.16. The Bertz CT molecular complexity index is 94.3. The van der Waals surface area contributed by atoms with Crippen molar-refractivity contribution in [2.75, 3.05) is 13.2 Å². The van der Waals surface area contributed by atoms with Crippen LogP contribution in [0.5, 0.6) is 0 Å². The minimum Gasteiger partial charge on any atom is -0.396 e. The van der Waals surface area contributed by atoms with Crippen molar-refractivity contribution < 1.29 is 15.3 Å². The van der Waals surface area contributed by atoms with Gasteiger partial charge in [0.05, 0.1) is 19.3 Å². The molecule has 0 saturated carbocycles. The zero-order valence-corrected chi connectivity index (χ0v) is 9.25. The second-order valence-electron chi connectivity index (χ2n) is 4.12. The van der Waals surface area contributed by atoms with E-state index in [9.17, 15) is 0 Å². The van der Waals surface area contributed by atoms with Gasteiger partial charge in [-0.3, -0.25) is 0 Å². The number of hydrogen-bond donors (Lipinski definition) is 3. The van der Waals surface area contributed by atoms with Crippen LogP contribution in [0, 0.1) is 5.41 Å². The highest BCUT2D eigenvalue weighted by Crippen LogP contribution is 2.10. The van der Waals surface area contributed by atoms with Gasteiger partial charge in [-0.15, -0.1) is 0 Å². The quantitative estimate of drug-likeness (QED) is 0.626. The van der Waals surface area contributed by atoms with Crippen LogP contribution in [0.25, 0.3) is 0 Å². The molecule has 3 nitrogen and oxygen atoms in total. The van der Waals surface area contributed by atoms with Crippen molar-refractivity contribution in [3.63, 3.8) is 0 Å². The van der Waals surface area contributed by atoms with Crippen molar-refractivity contribution in [2.45, 2.75) is 46.6 Å². The Hall–Kier alpha value is -0.120. The summed E-state index contributed by atoms with van der Waals surface area (Å²) in [5.74, 6) is 0. The molecule has 0 aliphatic heterocycles. The minimum atomic E-state index is -0.306. The molecule has 3 heteroatoms. The van der Waals surface area contributed by atoms with Crippen molar-refractivity contribution in [1.82, 2.24) is 0 Å². The highest BCUT2D eigenvalue weighted by atomic mass is 16.3. The van der Waals surface area contributed by atoms with Gasteiger partial charge in [0.25, 0.3) is 0 Å². The zero-order valence-electron chi connectivity index (χ0n) is 9.25. The lowest BCUT2D eigenvalue weighted by atomic mass is 9.97. The fraction of sp³-hybridized carbons (Fsp3) is 1.00. The molecule has 0 aromatic rings. The first kappa shape index (κ1) is 15.4. The van der Waals surface area contributed by atoms with E-state index in [1.54, 1.807) is 13.8 Å². The predicted molar refractivity (Wildman–Crippen MR) is 54.5 cm³/mol. The molecular formula is C10H24O3.